The van der Waals surface area contributed by atoms with Crippen molar-refractivity contribution in [3.63, 3.8) is 0 Å². The number of nitrogens with one attached hydrogen (secondary N) is 3. The molecule has 0 aliphatic rings. The smallest absolute Gasteiger partial charge is 0.417 e. The molecule has 2 rings (SSSR count). The average molecular weight is 486 g/mol. The third-order valence-corrected chi connectivity index (χ3v) is 4.42. The Morgan fingerprint density at radius 2 is 1.69 bits per heavy atom. The molecule has 0 bridgehead atoms. The Morgan fingerprint density at radius 1 is 1.03 bits per heavy atom. The van der Waals surface area contributed by atoms with Crippen molar-refractivity contribution in [2.45, 2.75) is 46.4 Å². The van der Waals surface area contributed by atoms with Gasteiger partial charge in [-0.25, -0.2) is 19.3 Å². The van der Waals surface area contributed by atoms with E-state index < -0.39 is 30.4 Å². The lowest BCUT2D eigenvalue weighted by Crippen LogP contribution is -2.40. The molecular weight excluding hydrogens is 454 g/mol. The van der Waals surface area contributed by atoms with Crippen LogP contribution in [0.1, 0.15) is 38.8 Å². The minimum Gasteiger partial charge on any atom is -0.465 e. The van der Waals surface area contributed by atoms with Crippen molar-refractivity contribution in [2.75, 3.05) is 17.2 Å². The van der Waals surface area contributed by atoms with Crippen LogP contribution < -0.4 is 16.0 Å². The fourth-order valence-corrected chi connectivity index (χ4v) is 2.96. The maximum Gasteiger partial charge on any atom is 0.417 e. The predicted molar refractivity (Wildman–Crippen MR) is 133 cm³/mol. The van der Waals surface area contributed by atoms with Gasteiger partial charge < -0.3 is 25.6 Å². The van der Waals surface area contributed by atoms with Crippen LogP contribution in [0.15, 0.2) is 53.5 Å². The van der Waals surface area contributed by atoms with Crippen LogP contribution in [-0.4, -0.2) is 51.5 Å². The molecule has 0 fully saturated rings. The molecule has 0 aliphatic carbocycles. The van der Waals surface area contributed by atoms with Crippen LogP contribution in [0.2, 0.25) is 0 Å². The van der Waals surface area contributed by atoms with E-state index in [1.165, 1.54) is 0 Å². The number of hydrogen-bond acceptors (Lipinski definition) is 6. The average Bonchev–Trinajstić information content (AvgIpc) is 2.76. The second-order valence-electron chi connectivity index (χ2n) is 8.44. The molecule has 0 spiro atoms. The van der Waals surface area contributed by atoms with Gasteiger partial charge in [-0.05, 0) is 57.0 Å². The minimum atomic E-state index is -1.59. The SMILES string of the molecule is CCN=C(NC(=O)OC(C)(C)C)Nc1ccc(NCc2ccccc2)c(CN(C(=O)O)C(=O)O)c1. The second kappa shape index (κ2) is 12.3. The normalized spacial score (nSPS) is 11.4. The van der Waals surface area contributed by atoms with Gasteiger partial charge in [0, 0.05) is 24.5 Å². The number of alkyl carbamates (subject to hydrolysis) is 1. The van der Waals surface area contributed by atoms with Gasteiger partial charge in [-0.2, -0.15) is 0 Å². The molecule has 188 valence electrons. The molecule has 0 radical (unpaired) electrons. The minimum absolute atomic E-state index is 0.131. The van der Waals surface area contributed by atoms with Crippen LogP contribution in [-0.2, 0) is 17.8 Å². The summed E-state index contributed by atoms with van der Waals surface area (Å²) >= 11 is 0. The van der Waals surface area contributed by atoms with E-state index in [1.807, 2.05) is 30.3 Å². The Balaban J connectivity index is 2.30. The van der Waals surface area contributed by atoms with Crippen molar-refractivity contribution in [1.29, 1.82) is 0 Å². The number of amides is 3. The summed E-state index contributed by atoms with van der Waals surface area (Å²) in [7, 11) is 0. The summed E-state index contributed by atoms with van der Waals surface area (Å²) in [6, 6.07) is 14.5. The number of carbonyl (C=O) groups is 3. The first-order valence-electron chi connectivity index (χ1n) is 10.9. The summed E-state index contributed by atoms with van der Waals surface area (Å²) in [6.07, 6.45) is -3.88. The fourth-order valence-electron chi connectivity index (χ4n) is 2.96. The summed E-state index contributed by atoms with van der Waals surface area (Å²) in [4.78, 5) is 39.6. The number of imide groups is 1. The van der Waals surface area contributed by atoms with E-state index >= 15 is 0 Å². The second-order valence-corrected chi connectivity index (χ2v) is 8.44. The van der Waals surface area contributed by atoms with Crippen LogP contribution in [0, 0.1) is 0 Å². The van der Waals surface area contributed by atoms with E-state index in [9.17, 15) is 24.6 Å². The molecule has 0 heterocycles. The van der Waals surface area contributed by atoms with Crippen LogP contribution in [0.25, 0.3) is 0 Å². The monoisotopic (exact) mass is 485 g/mol. The number of hydrogen-bond donors (Lipinski definition) is 5. The number of ether oxygens (including phenoxy) is 1. The third-order valence-electron chi connectivity index (χ3n) is 4.42. The Labute approximate surface area is 203 Å². The topological polar surface area (TPSA) is 153 Å². The summed E-state index contributed by atoms with van der Waals surface area (Å²) in [5.41, 5.74) is 1.72. The van der Waals surface area contributed by atoms with Gasteiger partial charge in [0.05, 0.1) is 6.54 Å². The molecule has 0 aromatic heterocycles. The Morgan fingerprint density at radius 3 is 2.26 bits per heavy atom. The molecule has 2 aromatic rings. The maximum atomic E-state index is 12.2. The number of carbonyl (C=O) groups excluding carboxylic acids is 1. The lowest BCUT2D eigenvalue weighted by Gasteiger charge is -2.21. The van der Waals surface area contributed by atoms with Gasteiger partial charge in [0.15, 0.2) is 0 Å². The van der Waals surface area contributed by atoms with Gasteiger partial charge in [0.1, 0.15) is 5.60 Å². The van der Waals surface area contributed by atoms with E-state index in [1.54, 1.807) is 45.9 Å². The zero-order chi connectivity index (χ0) is 26.0. The summed E-state index contributed by atoms with van der Waals surface area (Å²) < 4.78 is 5.26. The molecule has 11 nitrogen and oxygen atoms in total. The van der Waals surface area contributed by atoms with E-state index in [0.717, 1.165) is 5.56 Å². The van der Waals surface area contributed by atoms with Crippen LogP contribution >= 0.6 is 0 Å². The van der Waals surface area contributed by atoms with Crippen molar-refractivity contribution in [3.05, 3.63) is 59.7 Å². The highest BCUT2D eigenvalue weighted by Gasteiger charge is 2.22. The zero-order valence-corrected chi connectivity index (χ0v) is 20.2. The number of rotatable bonds is 7. The molecule has 5 N–H and O–H groups in total. The third kappa shape index (κ3) is 9.24. The quantitative estimate of drug-likeness (QED) is 0.278. The maximum absolute atomic E-state index is 12.2. The molecule has 0 saturated carbocycles. The van der Waals surface area contributed by atoms with Crippen molar-refractivity contribution < 1.29 is 29.3 Å². The van der Waals surface area contributed by atoms with Gasteiger partial charge >= 0.3 is 18.3 Å². The number of guanidine groups is 1. The molecule has 11 heteroatoms. The van der Waals surface area contributed by atoms with E-state index in [0.29, 0.717) is 30.0 Å². The van der Waals surface area contributed by atoms with Crippen molar-refractivity contribution in [3.8, 4) is 0 Å². The largest absolute Gasteiger partial charge is 0.465 e. The predicted octanol–water partition coefficient (Wildman–Crippen LogP) is 4.77. The van der Waals surface area contributed by atoms with E-state index in [2.05, 4.69) is 20.9 Å². The first-order valence-corrected chi connectivity index (χ1v) is 10.9. The highest BCUT2D eigenvalue weighted by atomic mass is 16.6. The first-order chi connectivity index (χ1) is 16.5. The Bertz CT molecular complexity index is 1050. The molecule has 35 heavy (non-hydrogen) atoms. The molecule has 0 aliphatic heterocycles. The number of aliphatic imine (C=N–C) groups is 1. The van der Waals surface area contributed by atoms with Crippen LogP contribution in [0.3, 0.4) is 0 Å². The van der Waals surface area contributed by atoms with Crippen molar-refractivity contribution in [2.24, 2.45) is 4.99 Å². The summed E-state index contributed by atoms with van der Waals surface area (Å²) in [5, 5.41) is 27.3. The number of anilines is 2. The molecule has 0 unspecified atom stereocenters. The standard InChI is InChI=1S/C24H31N5O6/c1-5-25-20(28-21(30)35-24(2,3)4)27-18-11-12-19(26-14-16-9-7-6-8-10-16)17(13-18)15-29(22(31)32)23(33)34/h6-13,26H,5,14-15H2,1-4H3,(H,31,32)(H,33,34)(H2,25,27,28,30). The van der Waals surface area contributed by atoms with Crippen molar-refractivity contribution in [1.82, 2.24) is 10.2 Å². The first kappa shape index (κ1) is 27.0. The van der Waals surface area contributed by atoms with Gasteiger partial charge in [-0.1, -0.05) is 30.3 Å². The van der Waals surface area contributed by atoms with Crippen molar-refractivity contribution >= 4 is 35.6 Å². The fraction of sp³-hybridized carbons (Fsp3) is 0.333. The molecule has 2 aromatic carbocycles. The number of carboxylic acid groups (broad SMARTS) is 2. The highest BCUT2D eigenvalue weighted by Crippen LogP contribution is 2.24. The molecule has 0 atom stereocenters. The van der Waals surface area contributed by atoms with E-state index in [4.69, 9.17) is 4.74 Å². The highest BCUT2D eigenvalue weighted by molar-refractivity contribution is 6.02. The number of benzene rings is 2. The zero-order valence-electron chi connectivity index (χ0n) is 20.2. The van der Waals surface area contributed by atoms with Gasteiger partial charge in [-0.15, -0.1) is 0 Å². The Kier molecular flexibility index (Phi) is 9.44. The molecule has 0 saturated heterocycles. The van der Waals surface area contributed by atoms with E-state index in [-0.39, 0.29) is 10.9 Å². The summed E-state index contributed by atoms with van der Waals surface area (Å²) in [5.74, 6) is 0.131. The molecular formula is C24H31N5O6. The summed E-state index contributed by atoms with van der Waals surface area (Å²) in [6.45, 7) is 7.41. The number of nitrogens with zero attached hydrogens (tertiary/aromatic N) is 2. The lowest BCUT2D eigenvalue weighted by molar-refractivity contribution is 0.0562. The lowest BCUT2D eigenvalue weighted by atomic mass is 10.1. The van der Waals surface area contributed by atoms with Crippen LogP contribution in [0.5, 0.6) is 0 Å². The van der Waals surface area contributed by atoms with Gasteiger partial charge in [0.25, 0.3) is 0 Å². The molecule has 3 amide bonds. The Hall–Kier alpha value is -4.28. The van der Waals surface area contributed by atoms with Crippen LogP contribution in [0.4, 0.5) is 25.8 Å². The van der Waals surface area contributed by atoms with Gasteiger partial charge in [0.2, 0.25) is 5.96 Å². The van der Waals surface area contributed by atoms with Gasteiger partial charge in [-0.3, -0.25) is 10.3 Å².